The van der Waals surface area contributed by atoms with Gasteiger partial charge in [0.1, 0.15) is 0 Å². The molecule has 0 aliphatic carbocycles. The van der Waals surface area contributed by atoms with Gasteiger partial charge >= 0.3 is 0 Å². The normalized spacial score (nSPS) is 17.9. The molecule has 1 aliphatic heterocycles. The van der Waals surface area contributed by atoms with Crippen LogP contribution in [-0.4, -0.2) is 31.2 Å². The van der Waals surface area contributed by atoms with Crippen LogP contribution in [0.4, 0.5) is 5.69 Å². The van der Waals surface area contributed by atoms with Crippen molar-refractivity contribution in [3.63, 3.8) is 0 Å². The molecule has 3 rings (SSSR count). The summed E-state index contributed by atoms with van der Waals surface area (Å²) >= 11 is 0. The van der Waals surface area contributed by atoms with E-state index in [1.54, 1.807) is 36.4 Å². The number of sulfonamides is 1. The summed E-state index contributed by atoms with van der Waals surface area (Å²) in [5, 5.41) is 11.7. The van der Waals surface area contributed by atoms with Gasteiger partial charge in [0.25, 0.3) is 5.91 Å². The molecule has 6 nitrogen and oxygen atoms in total. The molecule has 1 amide bonds. The third-order valence-corrected chi connectivity index (χ3v) is 6.70. The molecule has 2 aromatic carbocycles. The van der Waals surface area contributed by atoms with Crippen LogP contribution in [0.15, 0.2) is 53.4 Å². The van der Waals surface area contributed by atoms with E-state index in [2.05, 4.69) is 5.32 Å². The summed E-state index contributed by atoms with van der Waals surface area (Å²) in [4.78, 5) is 12.7. The summed E-state index contributed by atoms with van der Waals surface area (Å²) in [6.45, 7) is 2.41. The van der Waals surface area contributed by atoms with Crippen LogP contribution < -0.4 is 5.32 Å². The Kier molecular flexibility index (Phi) is 5.59. The van der Waals surface area contributed by atoms with Crippen LogP contribution in [0.25, 0.3) is 0 Å². The Labute approximate surface area is 159 Å². The van der Waals surface area contributed by atoms with E-state index in [9.17, 15) is 13.2 Å². The van der Waals surface area contributed by atoms with Crippen LogP contribution in [0.3, 0.4) is 0 Å². The zero-order valence-corrected chi connectivity index (χ0v) is 15.9. The van der Waals surface area contributed by atoms with Gasteiger partial charge < -0.3 is 5.32 Å². The molecule has 1 atom stereocenters. The van der Waals surface area contributed by atoms with E-state index in [1.807, 2.05) is 13.0 Å². The molecule has 27 heavy (non-hydrogen) atoms. The number of benzene rings is 2. The van der Waals surface area contributed by atoms with Crippen molar-refractivity contribution in [2.75, 3.05) is 11.9 Å². The topological polar surface area (TPSA) is 90.3 Å². The molecule has 0 bridgehead atoms. The second-order valence-electron chi connectivity index (χ2n) is 6.64. The Balaban J connectivity index is 1.84. The van der Waals surface area contributed by atoms with Crippen LogP contribution in [0, 0.1) is 11.3 Å². The lowest BCUT2D eigenvalue weighted by molar-refractivity contribution is 0.102. The van der Waals surface area contributed by atoms with Crippen LogP contribution in [0.2, 0.25) is 0 Å². The molecule has 1 N–H and O–H groups in total. The van der Waals surface area contributed by atoms with Gasteiger partial charge in [-0.15, -0.1) is 0 Å². The van der Waals surface area contributed by atoms with Gasteiger partial charge in [0.15, 0.2) is 0 Å². The number of amides is 1. The van der Waals surface area contributed by atoms with Crippen molar-refractivity contribution in [2.24, 2.45) is 0 Å². The third kappa shape index (κ3) is 4.18. The van der Waals surface area contributed by atoms with Crippen molar-refractivity contribution in [1.82, 2.24) is 4.31 Å². The first-order valence-electron chi connectivity index (χ1n) is 8.85. The molecular formula is C20H21N3O3S. The molecule has 0 aromatic heterocycles. The minimum absolute atomic E-state index is 0.0463. The maximum atomic E-state index is 13.0. The van der Waals surface area contributed by atoms with E-state index in [1.165, 1.54) is 16.4 Å². The standard InChI is InChI=1S/C20H21N3O3S/c1-15-6-2-3-11-23(15)27(25,26)19-10-5-8-17(13-19)20(24)22-18-9-4-7-16(12-18)14-21/h4-5,7-10,12-13,15H,2-3,6,11H2,1H3,(H,22,24)/t15-/m1/s1. The molecule has 1 saturated heterocycles. The van der Waals surface area contributed by atoms with Crippen molar-refractivity contribution < 1.29 is 13.2 Å². The Bertz CT molecular complexity index is 996. The summed E-state index contributed by atoms with van der Waals surface area (Å²) in [6.07, 6.45) is 2.71. The van der Waals surface area contributed by atoms with Gasteiger partial charge in [0.2, 0.25) is 10.0 Å². The van der Waals surface area contributed by atoms with Gasteiger partial charge in [-0.05, 0) is 56.2 Å². The van der Waals surface area contributed by atoms with Crippen LogP contribution >= 0.6 is 0 Å². The molecule has 7 heteroatoms. The molecule has 0 radical (unpaired) electrons. The third-order valence-electron chi connectivity index (χ3n) is 4.69. The van der Waals surface area contributed by atoms with E-state index in [0.29, 0.717) is 17.8 Å². The monoisotopic (exact) mass is 383 g/mol. The first-order valence-corrected chi connectivity index (χ1v) is 10.3. The first kappa shape index (κ1) is 19.1. The highest BCUT2D eigenvalue weighted by atomic mass is 32.2. The smallest absolute Gasteiger partial charge is 0.255 e. The molecule has 1 aliphatic rings. The highest BCUT2D eigenvalue weighted by Gasteiger charge is 2.31. The Hall–Kier alpha value is -2.69. The number of rotatable bonds is 4. The molecular weight excluding hydrogens is 362 g/mol. The lowest BCUT2D eigenvalue weighted by Crippen LogP contribution is -2.41. The average Bonchev–Trinajstić information content (AvgIpc) is 2.68. The van der Waals surface area contributed by atoms with E-state index < -0.39 is 15.9 Å². The van der Waals surface area contributed by atoms with Gasteiger partial charge in [-0.25, -0.2) is 8.42 Å². The van der Waals surface area contributed by atoms with Crippen molar-refractivity contribution in [1.29, 1.82) is 5.26 Å². The molecule has 140 valence electrons. The van der Waals surface area contributed by atoms with Crippen LogP contribution in [-0.2, 0) is 10.0 Å². The number of hydrogen-bond acceptors (Lipinski definition) is 4. The quantitative estimate of drug-likeness (QED) is 0.876. The van der Waals surface area contributed by atoms with E-state index >= 15 is 0 Å². The zero-order valence-electron chi connectivity index (χ0n) is 15.1. The number of piperidine rings is 1. The van der Waals surface area contributed by atoms with Crippen molar-refractivity contribution in [3.05, 3.63) is 59.7 Å². The largest absolute Gasteiger partial charge is 0.322 e. The van der Waals surface area contributed by atoms with Crippen molar-refractivity contribution >= 4 is 21.6 Å². The maximum Gasteiger partial charge on any atom is 0.255 e. The average molecular weight is 383 g/mol. The number of carbonyl (C=O) groups is 1. The van der Waals surface area contributed by atoms with E-state index in [4.69, 9.17) is 5.26 Å². The Morgan fingerprint density at radius 3 is 2.70 bits per heavy atom. The van der Waals surface area contributed by atoms with Gasteiger partial charge in [0.05, 0.1) is 16.5 Å². The molecule has 1 heterocycles. The summed E-state index contributed by atoms with van der Waals surface area (Å²) in [6, 6.07) is 14.6. The molecule has 0 saturated carbocycles. The lowest BCUT2D eigenvalue weighted by atomic mass is 10.1. The number of nitriles is 1. The van der Waals surface area contributed by atoms with E-state index in [-0.39, 0.29) is 16.5 Å². The summed E-state index contributed by atoms with van der Waals surface area (Å²) in [5.41, 5.74) is 1.17. The predicted octanol–water partition coefficient (Wildman–Crippen LogP) is 3.37. The number of anilines is 1. The first-order chi connectivity index (χ1) is 12.9. The fraction of sp³-hybridized carbons (Fsp3) is 0.300. The van der Waals surface area contributed by atoms with E-state index in [0.717, 1.165) is 19.3 Å². The minimum Gasteiger partial charge on any atom is -0.322 e. The summed E-state index contributed by atoms with van der Waals surface area (Å²) < 4.78 is 27.5. The second kappa shape index (κ2) is 7.91. The Morgan fingerprint density at radius 2 is 1.96 bits per heavy atom. The number of nitrogens with zero attached hydrogens (tertiary/aromatic N) is 2. The fourth-order valence-electron chi connectivity index (χ4n) is 3.23. The van der Waals surface area contributed by atoms with Gasteiger partial charge in [0, 0.05) is 23.8 Å². The fourth-order valence-corrected chi connectivity index (χ4v) is 4.98. The van der Waals surface area contributed by atoms with Crippen LogP contribution in [0.1, 0.15) is 42.1 Å². The molecule has 0 spiro atoms. The van der Waals surface area contributed by atoms with Gasteiger partial charge in [-0.2, -0.15) is 9.57 Å². The highest BCUT2D eigenvalue weighted by molar-refractivity contribution is 7.89. The van der Waals surface area contributed by atoms with Crippen LogP contribution in [0.5, 0.6) is 0 Å². The number of carbonyl (C=O) groups excluding carboxylic acids is 1. The number of nitrogens with one attached hydrogen (secondary N) is 1. The highest BCUT2D eigenvalue weighted by Crippen LogP contribution is 2.25. The minimum atomic E-state index is -3.64. The maximum absolute atomic E-state index is 13.0. The van der Waals surface area contributed by atoms with Gasteiger partial charge in [-0.3, -0.25) is 4.79 Å². The predicted molar refractivity (Wildman–Crippen MR) is 103 cm³/mol. The Morgan fingerprint density at radius 1 is 1.19 bits per heavy atom. The summed E-state index contributed by atoms with van der Waals surface area (Å²) in [7, 11) is -3.64. The van der Waals surface area contributed by atoms with Crippen molar-refractivity contribution in [2.45, 2.75) is 37.1 Å². The molecule has 0 unspecified atom stereocenters. The lowest BCUT2D eigenvalue weighted by Gasteiger charge is -2.32. The van der Waals surface area contributed by atoms with Crippen molar-refractivity contribution in [3.8, 4) is 6.07 Å². The second-order valence-corrected chi connectivity index (χ2v) is 8.53. The molecule has 1 fully saturated rings. The summed E-state index contributed by atoms with van der Waals surface area (Å²) in [5.74, 6) is -0.422. The zero-order chi connectivity index (χ0) is 19.4. The SMILES string of the molecule is C[C@@H]1CCCCN1S(=O)(=O)c1cccc(C(=O)Nc2cccc(C#N)c2)c1. The van der Waals surface area contributed by atoms with Gasteiger partial charge in [-0.1, -0.05) is 18.6 Å². The molecule has 2 aromatic rings. The number of hydrogen-bond donors (Lipinski definition) is 1.